The van der Waals surface area contributed by atoms with Crippen molar-refractivity contribution in [3.63, 3.8) is 0 Å². The van der Waals surface area contributed by atoms with Crippen LogP contribution in [0.15, 0.2) is 0 Å². The molecular weight excluding hydrogens is 224 g/mol. The smallest absolute Gasteiger partial charge is 0.151 e. The SMILES string of the molecule is CCCS(=O)(=O)CCN1CC(C)CC(N)C1. The molecule has 0 saturated carbocycles. The summed E-state index contributed by atoms with van der Waals surface area (Å²) in [6, 6.07) is 0.206. The third-order valence-corrected chi connectivity index (χ3v) is 4.84. The van der Waals surface area contributed by atoms with Crippen LogP contribution < -0.4 is 5.73 Å². The Morgan fingerprint density at radius 3 is 2.56 bits per heavy atom. The van der Waals surface area contributed by atoms with Crippen LogP contribution in [0, 0.1) is 5.92 Å². The maximum Gasteiger partial charge on any atom is 0.151 e. The van der Waals surface area contributed by atoms with E-state index in [1.54, 1.807) is 0 Å². The molecule has 1 aliphatic heterocycles. The standard InChI is InChI=1S/C11H24N2O2S/c1-3-5-16(14,15)6-4-13-8-10(2)7-11(12)9-13/h10-11H,3-9,12H2,1-2H3. The summed E-state index contributed by atoms with van der Waals surface area (Å²) in [5, 5.41) is 0. The monoisotopic (exact) mass is 248 g/mol. The molecule has 0 aromatic carbocycles. The zero-order chi connectivity index (χ0) is 12.2. The number of hydrogen-bond acceptors (Lipinski definition) is 4. The Balaban J connectivity index is 2.37. The van der Waals surface area contributed by atoms with Crippen molar-refractivity contribution in [3.8, 4) is 0 Å². The van der Waals surface area contributed by atoms with Gasteiger partial charge in [0.25, 0.3) is 0 Å². The molecule has 0 spiro atoms. The van der Waals surface area contributed by atoms with Crippen molar-refractivity contribution in [1.82, 2.24) is 4.90 Å². The van der Waals surface area contributed by atoms with Crippen LogP contribution in [0.25, 0.3) is 0 Å². The number of rotatable bonds is 5. The van der Waals surface area contributed by atoms with Crippen molar-refractivity contribution in [2.45, 2.75) is 32.7 Å². The summed E-state index contributed by atoms with van der Waals surface area (Å²) in [6.45, 7) is 6.53. The first-order valence-corrected chi connectivity index (χ1v) is 7.93. The fraction of sp³-hybridized carbons (Fsp3) is 1.00. The van der Waals surface area contributed by atoms with Gasteiger partial charge in [-0.2, -0.15) is 0 Å². The van der Waals surface area contributed by atoms with Gasteiger partial charge in [0.2, 0.25) is 0 Å². The van der Waals surface area contributed by atoms with E-state index in [-0.39, 0.29) is 11.8 Å². The molecule has 1 saturated heterocycles. The molecule has 0 aromatic rings. The third-order valence-electron chi connectivity index (χ3n) is 3.00. The second-order valence-corrected chi connectivity index (χ2v) is 7.32. The molecule has 0 aromatic heterocycles. The molecule has 5 heteroatoms. The number of sulfone groups is 1. The minimum Gasteiger partial charge on any atom is -0.327 e. The van der Waals surface area contributed by atoms with Crippen LogP contribution in [0.5, 0.6) is 0 Å². The van der Waals surface area contributed by atoms with Gasteiger partial charge in [-0.1, -0.05) is 13.8 Å². The number of likely N-dealkylation sites (tertiary alicyclic amines) is 1. The van der Waals surface area contributed by atoms with E-state index in [1.165, 1.54) is 0 Å². The lowest BCUT2D eigenvalue weighted by Gasteiger charge is -2.34. The molecule has 0 amide bonds. The molecule has 0 bridgehead atoms. The summed E-state index contributed by atoms with van der Waals surface area (Å²) in [7, 11) is -2.85. The Morgan fingerprint density at radius 1 is 1.31 bits per heavy atom. The van der Waals surface area contributed by atoms with Gasteiger partial charge >= 0.3 is 0 Å². The topological polar surface area (TPSA) is 63.4 Å². The van der Waals surface area contributed by atoms with Crippen molar-refractivity contribution in [2.75, 3.05) is 31.1 Å². The lowest BCUT2D eigenvalue weighted by Crippen LogP contribution is -2.47. The van der Waals surface area contributed by atoms with E-state index in [0.29, 0.717) is 24.6 Å². The lowest BCUT2D eigenvalue weighted by molar-refractivity contribution is 0.174. The van der Waals surface area contributed by atoms with Gasteiger partial charge < -0.3 is 10.6 Å². The van der Waals surface area contributed by atoms with E-state index < -0.39 is 9.84 Å². The third kappa shape index (κ3) is 4.80. The Hall–Kier alpha value is -0.130. The first-order chi connectivity index (χ1) is 7.43. The fourth-order valence-corrected chi connectivity index (χ4v) is 3.74. The molecule has 2 unspecified atom stereocenters. The van der Waals surface area contributed by atoms with Crippen molar-refractivity contribution in [2.24, 2.45) is 11.7 Å². The van der Waals surface area contributed by atoms with Crippen LogP contribution in [0.4, 0.5) is 0 Å². The van der Waals surface area contributed by atoms with Gasteiger partial charge in [-0.15, -0.1) is 0 Å². The van der Waals surface area contributed by atoms with Crippen LogP contribution in [0.2, 0.25) is 0 Å². The normalized spacial score (nSPS) is 28.2. The van der Waals surface area contributed by atoms with Gasteiger partial charge in [-0.05, 0) is 18.8 Å². The van der Waals surface area contributed by atoms with Gasteiger partial charge in [0.05, 0.1) is 5.75 Å². The number of hydrogen-bond donors (Lipinski definition) is 1. The molecule has 0 radical (unpaired) electrons. The van der Waals surface area contributed by atoms with E-state index in [1.807, 2.05) is 6.92 Å². The highest BCUT2D eigenvalue weighted by Crippen LogP contribution is 2.14. The van der Waals surface area contributed by atoms with Gasteiger partial charge in [-0.3, -0.25) is 0 Å². The average molecular weight is 248 g/mol. The summed E-state index contributed by atoms with van der Waals surface area (Å²) >= 11 is 0. The summed E-state index contributed by atoms with van der Waals surface area (Å²) < 4.78 is 23.2. The van der Waals surface area contributed by atoms with Crippen LogP contribution in [0.3, 0.4) is 0 Å². The molecule has 2 N–H and O–H groups in total. The van der Waals surface area contributed by atoms with Crippen LogP contribution in [-0.2, 0) is 9.84 Å². The predicted octanol–water partition coefficient (Wildman–Crippen LogP) is 0.480. The van der Waals surface area contributed by atoms with E-state index >= 15 is 0 Å². The summed E-state index contributed by atoms with van der Waals surface area (Å²) in [5.41, 5.74) is 5.92. The zero-order valence-electron chi connectivity index (χ0n) is 10.4. The molecule has 1 rings (SSSR count). The molecule has 96 valence electrons. The highest BCUT2D eigenvalue weighted by molar-refractivity contribution is 7.91. The second kappa shape index (κ2) is 5.98. The number of piperidine rings is 1. The Bertz CT molecular complexity index is 293. The van der Waals surface area contributed by atoms with Crippen LogP contribution in [-0.4, -0.2) is 50.5 Å². The Kier molecular flexibility index (Phi) is 5.21. The van der Waals surface area contributed by atoms with Gasteiger partial charge in [0.1, 0.15) is 0 Å². The summed E-state index contributed by atoms with van der Waals surface area (Å²) in [5.74, 6) is 1.17. The maximum atomic E-state index is 11.6. The Morgan fingerprint density at radius 2 is 2.00 bits per heavy atom. The van der Waals surface area contributed by atoms with E-state index in [0.717, 1.165) is 19.5 Å². The van der Waals surface area contributed by atoms with Gasteiger partial charge in [0.15, 0.2) is 9.84 Å². The molecule has 4 nitrogen and oxygen atoms in total. The van der Waals surface area contributed by atoms with E-state index in [2.05, 4.69) is 11.8 Å². The number of nitrogens with two attached hydrogens (primary N) is 1. The fourth-order valence-electron chi connectivity index (χ4n) is 2.38. The minimum atomic E-state index is -2.85. The minimum absolute atomic E-state index is 0.206. The molecule has 1 aliphatic rings. The molecule has 0 aliphatic carbocycles. The summed E-state index contributed by atoms with van der Waals surface area (Å²) in [6.07, 6.45) is 1.76. The second-order valence-electron chi connectivity index (χ2n) is 5.01. The largest absolute Gasteiger partial charge is 0.327 e. The first kappa shape index (κ1) is 13.9. The zero-order valence-corrected chi connectivity index (χ0v) is 11.2. The van der Waals surface area contributed by atoms with Gasteiger partial charge in [-0.25, -0.2) is 8.42 Å². The van der Waals surface area contributed by atoms with Crippen molar-refractivity contribution in [1.29, 1.82) is 0 Å². The molecule has 1 heterocycles. The van der Waals surface area contributed by atoms with Gasteiger partial charge in [0, 0.05) is 31.4 Å². The summed E-state index contributed by atoms with van der Waals surface area (Å²) in [4.78, 5) is 2.19. The lowest BCUT2D eigenvalue weighted by atomic mass is 9.97. The molecular formula is C11H24N2O2S. The first-order valence-electron chi connectivity index (χ1n) is 6.11. The van der Waals surface area contributed by atoms with Crippen molar-refractivity contribution in [3.05, 3.63) is 0 Å². The Labute approximate surface area is 99.1 Å². The van der Waals surface area contributed by atoms with E-state index in [4.69, 9.17) is 5.73 Å². The van der Waals surface area contributed by atoms with E-state index in [9.17, 15) is 8.42 Å². The molecule has 16 heavy (non-hydrogen) atoms. The predicted molar refractivity (Wildman–Crippen MR) is 67.1 cm³/mol. The average Bonchev–Trinajstić information content (AvgIpc) is 2.13. The number of nitrogens with zero attached hydrogens (tertiary/aromatic N) is 1. The van der Waals surface area contributed by atoms with Crippen LogP contribution in [0.1, 0.15) is 26.7 Å². The molecule has 2 atom stereocenters. The highest BCUT2D eigenvalue weighted by Gasteiger charge is 2.23. The quantitative estimate of drug-likeness (QED) is 0.768. The molecule has 1 fully saturated rings. The van der Waals surface area contributed by atoms with Crippen LogP contribution >= 0.6 is 0 Å². The highest BCUT2D eigenvalue weighted by atomic mass is 32.2. The van der Waals surface area contributed by atoms with Crippen molar-refractivity contribution < 1.29 is 8.42 Å². The van der Waals surface area contributed by atoms with Crippen molar-refractivity contribution >= 4 is 9.84 Å². The maximum absolute atomic E-state index is 11.6.